The molecular formula is C9H11F3N2. The third-order valence-corrected chi connectivity index (χ3v) is 1.99. The highest BCUT2D eigenvalue weighted by atomic mass is 19.2. The number of aromatic nitrogens is 1. The zero-order valence-corrected chi connectivity index (χ0v) is 7.89. The van der Waals surface area contributed by atoms with E-state index in [2.05, 4.69) is 4.98 Å². The molecule has 0 saturated heterocycles. The van der Waals surface area contributed by atoms with Gasteiger partial charge >= 0.3 is 0 Å². The maximum absolute atomic E-state index is 13.1. The molecule has 1 aromatic rings. The number of halogens is 3. The van der Waals surface area contributed by atoms with Crippen LogP contribution >= 0.6 is 0 Å². The maximum Gasteiger partial charge on any atom is 0.251 e. The van der Waals surface area contributed by atoms with E-state index in [1.807, 2.05) is 0 Å². The Balaban J connectivity index is 3.20. The van der Waals surface area contributed by atoms with Crippen molar-refractivity contribution in [3.05, 3.63) is 29.3 Å². The molecular weight excluding hydrogens is 193 g/mol. The van der Waals surface area contributed by atoms with E-state index in [9.17, 15) is 13.2 Å². The molecule has 0 aliphatic rings. The molecule has 2 N–H and O–H groups in total. The van der Waals surface area contributed by atoms with Gasteiger partial charge in [-0.1, -0.05) is 13.8 Å². The SMILES string of the molecule is CC(C)C(N)c1cc(F)nc(F)c1F. The second-order valence-electron chi connectivity index (χ2n) is 3.41. The molecule has 1 aromatic heterocycles. The Morgan fingerprint density at radius 3 is 2.36 bits per heavy atom. The fraction of sp³-hybridized carbons (Fsp3) is 0.444. The van der Waals surface area contributed by atoms with Crippen LogP contribution in [0.5, 0.6) is 0 Å². The Morgan fingerprint density at radius 2 is 1.86 bits per heavy atom. The molecule has 1 heterocycles. The van der Waals surface area contributed by atoms with Gasteiger partial charge in [0.1, 0.15) is 0 Å². The minimum absolute atomic E-state index is 0.106. The lowest BCUT2D eigenvalue weighted by Crippen LogP contribution is -2.19. The van der Waals surface area contributed by atoms with Crippen LogP contribution in [-0.2, 0) is 0 Å². The first-order valence-electron chi connectivity index (χ1n) is 4.20. The van der Waals surface area contributed by atoms with Gasteiger partial charge in [0, 0.05) is 17.7 Å². The molecule has 0 saturated carbocycles. The van der Waals surface area contributed by atoms with E-state index in [4.69, 9.17) is 5.73 Å². The highest BCUT2D eigenvalue weighted by molar-refractivity contribution is 5.19. The molecule has 0 aromatic carbocycles. The normalized spacial score (nSPS) is 13.4. The van der Waals surface area contributed by atoms with E-state index in [1.54, 1.807) is 13.8 Å². The van der Waals surface area contributed by atoms with Gasteiger partial charge < -0.3 is 5.73 Å². The van der Waals surface area contributed by atoms with Crippen molar-refractivity contribution in [1.29, 1.82) is 0 Å². The summed E-state index contributed by atoms with van der Waals surface area (Å²) in [5.41, 5.74) is 5.40. The molecule has 78 valence electrons. The van der Waals surface area contributed by atoms with Crippen LogP contribution in [0.3, 0.4) is 0 Å². The number of nitrogens with zero attached hydrogens (tertiary/aromatic N) is 1. The number of rotatable bonds is 2. The van der Waals surface area contributed by atoms with Crippen molar-refractivity contribution in [1.82, 2.24) is 4.98 Å². The first-order valence-corrected chi connectivity index (χ1v) is 4.20. The summed E-state index contributed by atoms with van der Waals surface area (Å²) in [6.45, 7) is 3.47. The number of pyridine rings is 1. The summed E-state index contributed by atoms with van der Waals surface area (Å²) in [6, 6.07) is 0.0882. The first-order chi connectivity index (χ1) is 6.43. The van der Waals surface area contributed by atoms with E-state index >= 15 is 0 Å². The van der Waals surface area contributed by atoms with Crippen molar-refractivity contribution in [2.24, 2.45) is 11.7 Å². The summed E-state index contributed by atoms with van der Waals surface area (Å²) >= 11 is 0. The van der Waals surface area contributed by atoms with E-state index in [1.165, 1.54) is 0 Å². The summed E-state index contributed by atoms with van der Waals surface area (Å²) in [7, 11) is 0. The van der Waals surface area contributed by atoms with Crippen molar-refractivity contribution in [2.45, 2.75) is 19.9 Å². The van der Waals surface area contributed by atoms with Crippen LogP contribution < -0.4 is 5.73 Å². The predicted molar refractivity (Wildman–Crippen MR) is 45.9 cm³/mol. The zero-order chi connectivity index (χ0) is 10.9. The second-order valence-corrected chi connectivity index (χ2v) is 3.41. The smallest absolute Gasteiger partial charge is 0.251 e. The molecule has 0 aliphatic carbocycles. The quantitative estimate of drug-likeness (QED) is 0.749. The van der Waals surface area contributed by atoms with Crippen LogP contribution in [0.15, 0.2) is 6.07 Å². The van der Waals surface area contributed by atoms with Gasteiger partial charge in [0.25, 0.3) is 5.95 Å². The van der Waals surface area contributed by atoms with Gasteiger partial charge in [-0.05, 0) is 5.92 Å². The summed E-state index contributed by atoms with van der Waals surface area (Å²) in [5.74, 6) is -3.79. The van der Waals surface area contributed by atoms with Crippen LogP contribution in [0, 0.1) is 23.6 Å². The topological polar surface area (TPSA) is 38.9 Å². The highest BCUT2D eigenvalue weighted by Gasteiger charge is 2.20. The minimum Gasteiger partial charge on any atom is -0.324 e. The van der Waals surface area contributed by atoms with Crippen molar-refractivity contribution in [3.63, 3.8) is 0 Å². The standard InChI is InChI=1S/C9H11F3N2/c1-4(2)8(13)5-3-6(10)14-9(12)7(5)11/h3-4,8H,13H2,1-2H3. The molecule has 1 rings (SSSR count). The minimum atomic E-state index is -1.45. The Hall–Kier alpha value is -1.10. The molecule has 2 nitrogen and oxygen atoms in total. The maximum atomic E-state index is 13.1. The number of nitrogens with two attached hydrogens (primary N) is 1. The Labute approximate surface area is 79.9 Å². The molecule has 5 heteroatoms. The molecule has 14 heavy (non-hydrogen) atoms. The van der Waals surface area contributed by atoms with Crippen molar-refractivity contribution >= 4 is 0 Å². The van der Waals surface area contributed by atoms with Crippen LogP contribution in [0.25, 0.3) is 0 Å². The van der Waals surface area contributed by atoms with Crippen molar-refractivity contribution in [3.8, 4) is 0 Å². The van der Waals surface area contributed by atoms with E-state index < -0.39 is 23.8 Å². The van der Waals surface area contributed by atoms with E-state index in [0.717, 1.165) is 6.07 Å². The number of hydrogen-bond donors (Lipinski definition) is 1. The van der Waals surface area contributed by atoms with Crippen LogP contribution in [0.2, 0.25) is 0 Å². The Morgan fingerprint density at radius 1 is 1.29 bits per heavy atom. The fourth-order valence-corrected chi connectivity index (χ4v) is 1.09. The van der Waals surface area contributed by atoms with Crippen molar-refractivity contribution < 1.29 is 13.2 Å². The average molecular weight is 204 g/mol. The summed E-state index contributed by atoms with van der Waals surface area (Å²) in [5, 5.41) is 0. The third kappa shape index (κ3) is 2.04. The van der Waals surface area contributed by atoms with Gasteiger partial charge in [-0.2, -0.15) is 13.8 Å². The van der Waals surface area contributed by atoms with Gasteiger partial charge in [-0.15, -0.1) is 0 Å². The molecule has 0 spiro atoms. The highest BCUT2D eigenvalue weighted by Crippen LogP contribution is 2.23. The summed E-state index contributed by atoms with van der Waals surface area (Å²) in [6.07, 6.45) is 0. The molecule has 0 fully saturated rings. The van der Waals surface area contributed by atoms with Crippen LogP contribution in [0.4, 0.5) is 13.2 Å². The molecule has 0 aliphatic heterocycles. The molecule has 1 atom stereocenters. The summed E-state index contributed by atoms with van der Waals surface area (Å²) in [4.78, 5) is 2.71. The predicted octanol–water partition coefficient (Wildman–Crippen LogP) is 2.15. The van der Waals surface area contributed by atoms with Crippen LogP contribution in [0.1, 0.15) is 25.5 Å². The first kappa shape index (κ1) is 11.0. The van der Waals surface area contributed by atoms with Gasteiger partial charge in [-0.3, -0.25) is 0 Å². The molecule has 0 radical (unpaired) electrons. The molecule has 0 bridgehead atoms. The third-order valence-electron chi connectivity index (χ3n) is 1.99. The van der Waals surface area contributed by atoms with Gasteiger partial charge in [0.05, 0.1) is 0 Å². The van der Waals surface area contributed by atoms with Gasteiger partial charge in [0.15, 0.2) is 5.82 Å². The zero-order valence-electron chi connectivity index (χ0n) is 7.89. The average Bonchev–Trinajstić information content (AvgIpc) is 2.09. The lowest BCUT2D eigenvalue weighted by Gasteiger charge is -2.16. The van der Waals surface area contributed by atoms with E-state index in [-0.39, 0.29) is 11.5 Å². The fourth-order valence-electron chi connectivity index (χ4n) is 1.09. The van der Waals surface area contributed by atoms with Crippen LogP contribution in [-0.4, -0.2) is 4.98 Å². The molecule has 0 amide bonds. The van der Waals surface area contributed by atoms with Crippen molar-refractivity contribution in [2.75, 3.05) is 0 Å². The van der Waals surface area contributed by atoms with E-state index in [0.29, 0.717) is 0 Å². The lowest BCUT2D eigenvalue weighted by atomic mass is 9.97. The lowest BCUT2D eigenvalue weighted by molar-refractivity contribution is 0.414. The molecule has 1 unspecified atom stereocenters. The largest absolute Gasteiger partial charge is 0.324 e. The van der Waals surface area contributed by atoms with Gasteiger partial charge in [0.2, 0.25) is 5.95 Å². The van der Waals surface area contributed by atoms with Gasteiger partial charge in [-0.25, -0.2) is 4.39 Å². The Kier molecular flexibility index (Phi) is 3.10. The summed E-state index contributed by atoms with van der Waals surface area (Å²) < 4.78 is 38.4. The monoisotopic (exact) mass is 204 g/mol. The second kappa shape index (κ2) is 3.96. The number of hydrogen-bond acceptors (Lipinski definition) is 2. The Bertz CT molecular complexity index is 339.